The molecule has 0 aromatic heterocycles. The summed E-state index contributed by atoms with van der Waals surface area (Å²) >= 11 is 0. The number of ether oxygens (including phenoxy) is 4. The van der Waals surface area contributed by atoms with Gasteiger partial charge in [0, 0.05) is 25.7 Å². The van der Waals surface area contributed by atoms with Crippen LogP contribution in [0.15, 0.2) is 0 Å². The van der Waals surface area contributed by atoms with Crippen molar-refractivity contribution in [2.24, 2.45) is 17.8 Å². The zero-order valence-corrected chi connectivity index (χ0v) is 52.6. The smallest absolute Gasteiger partial charge is 0.462 e. The van der Waals surface area contributed by atoms with Gasteiger partial charge in [-0.1, -0.05) is 235 Å². The number of unbranched alkanes of at least 4 members (excludes halogenated alkanes) is 26. The molecule has 0 aliphatic heterocycles. The van der Waals surface area contributed by atoms with Gasteiger partial charge in [-0.25, -0.2) is 9.13 Å². The minimum Gasteiger partial charge on any atom is -0.462 e. The molecule has 0 bridgehead atoms. The standard InChI is InChI=1S/C60H116O17P2/c1-8-9-10-11-17-27-34-41-57(62)70-47-56(77-60(65)44-37-30-23-22-26-33-40-53(6)7)50-75-79(68,69)73-46-54(61)45-72-78(66,67)74-49-55(48-71-58(63)42-35-28-20-16-15-19-25-32-39-52(4)5)76-59(64)43-36-29-21-14-12-13-18-24-31-38-51(2)3/h51-56,61H,8-50H2,1-7H3,(H,66,67)(H,68,69)/t54-,55-,56-/m1/s1. The van der Waals surface area contributed by atoms with E-state index in [1.165, 1.54) is 83.5 Å². The molecule has 468 valence electrons. The second kappa shape index (κ2) is 51.7. The second-order valence-electron chi connectivity index (χ2n) is 23.2. The molecule has 0 heterocycles. The fourth-order valence-electron chi connectivity index (χ4n) is 8.77. The highest BCUT2D eigenvalue weighted by Crippen LogP contribution is 2.45. The maximum atomic E-state index is 12.9. The molecular formula is C60H116O17P2. The molecule has 0 rings (SSSR count). The van der Waals surface area contributed by atoms with Gasteiger partial charge in [0.2, 0.25) is 0 Å². The third-order valence-corrected chi connectivity index (χ3v) is 15.5. The van der Waals surface area contributed by atoms with E-state index in [1.807, 2.05) is 0 Å². The Balaban J connectivity index is 5.23. The second-order valence-corrected chi connectivity index (χ2v) is 26.1. The van der Waals surface area contributed by atoms with Crippen LogP contribution in [0.25, 0.3) is 0 Å². The largest absolute Gasteiger partial charge is 0.472 e. The maximum absolute atomic E-state index is 12.9. The Morgan fingerprint density at radius 1 is 0.342 bits per heavy atom. The van der Waals surface area contributed by atoms with Crippen LogP contribution in [0.4, 0.5) is 0 Å². The van der Waals surface area contributed by atoms with E-state index in [9.17, 15) is 43.2 Å². The van der Waals surface area contributed by atoms with Crippen molar-refractivity contribution in [2.75, 3.05) is 39.6 Å². The number of aliphatic hydroxyl groups is 1. The summed E-state index contributed by atoms with van der Waals surface area (Å²) in [5.41, 5.74) is 0. The van der Waals surface area contributed by atoms with E-state index in [0.717, 1.165) is 115 Å². The van der Waals surface area contributed by atoms with Crippen LogP contribution in [0, 0.1) is 17.8 Å². The number of carbonyl (C=O) groups is 4. The lowest BCUT2D eigenvalue weighted by Gasteiger charge is -2.21. The number of phosphoric ester groups is 2. The summed E-state index contributed by atoms with van der Waals surface area (Å²) in [5, 5.41) is 10.5. The molecule has 5 atom stereocenters. The van der Waals surface area contributed by atoms with Crippen LogP contribution in [0.1, 0.15) is 286 Å². The van der Waals surface area contributed by atoms with E-state index in [-0.39, 0.29) is 25.7 Å². The fraction of sp³-hybridized carbons (Fsp3) is 0.933. The number of hydrogen-bond acceptors (Lipinski definition) is 15. The molecule has 0 radical (unpaired) electrons. The van der Waals surface area contributed by atoms with Gasteiger partial charge in [-0.2, -0.15) is 0 Å². The fourth-order valence-corrected chi connectivity index (χ4v) is 10.4. The highest BCUT2D eigenvalue weighted by atomic mass is 31.2. The lowest BCUT2D eigenvalue weighted by molar-refractivity contribution is -0.161. The summed E-state index contributed by atoms with van der Waals surface area (Å²) in [4.78, 5) is 71.9. The lowest BCUT2D eigenvalue weighted by atomic mass is 10.0. The molecular weight excluding hydrogens is 1050 g/mol. The summed E-state index contributed by atoms with van der Waals surface area (Å²) in [7, 11) is -9.87. The third kappa shape index (κ3) is 55.0. The number of phosphoric acid groups is 2. The van der Waals surface area contributed by atoms with Gasteiger partial charge in [-0.15, -0.1) is 0 Å². The van der Waals surface area contributed by atoms with E-state index in [2.05, 4.69) is 48.5 Å². The normalized spacial score (nSPS) is 14.5. The summed E-state index contributed by atoms with van der Waals surface area (Å²) < 4.78 is 67.7. The van der Waals surface area contributed by atoms with E-state index in [4.69, 9.17) is 37.0 Å². The van der Waals surface area contributed by atoms with E-state index in [1.54, 1.807) is 0 Å². The van der Waals surface area contributed by atoms with Crippen molar-refractivity contribution in [1.29, 1.82) is 0 Å². The molecule has 0 aromatic carbocycles. The predicted molar refractivity (Wildman–Crippen MR) is 312 cm³/mol. The van der Waals surface area contributed by atoms with Crippen molar-refractivity contribution in [2.45, 2.75) is 304 Å². The van der Waals surface area contributed by atoms with Crippen molar-refractivity contribution in [3.8, 4) is 0 Å². The molecule has 17 nitrogen and oxygen atoms in total. The molecule has 0 saturated heterocycles. The van der Waals surface area contributed by atoms with Gasteiger partial charge in [-0.05, 0) is 43.4 Å². The topological polar surface area (TPSA) is 237 Å². The van der Waals surface area contributed by atoms with E-state index in [0.29, 0.717) is 31.6 Å². The van der Waals surface area contributed by atoms with Crippen LogP contribution in [0.2, 0.25) is 0 Å². The molecule has 0 aliphatic carbocycles. The van der Waals surface area contributed by atoms with Gasteiger partial charge in [0.15, 0.2) is 12.2 Å². The Morgan fingerprint density at radius 3 is 0.861 bits per heavy atom. The molecule has 79 heavy (non-hydrogen) atoms. The third-order valence-electron chi connectivity index (χ3n) is 13.6. The zero-order chi connectivity index (χ0) is 58.8. The van der Waals surface area contributed by atoms with Crippen LogP contribution in [0.5, 0.6) is 0 Å². The van der Waals surface area contributed by atoms with Gasteiger partial charge in [0.25, 0.3) is 0 Å². The van der Waals surface area contributed by atoms with Gasteiger partial charge in [-0.3, -0.25) is 37.3 Å². The minimum atomic E-state index is -4.94. The van der Waals surface area contributed by atoms with Crippen LogP contribution < -0.4 is 0 Å². The minimum absolute atomic E-state index is 0.101. The van der Waals surface area contributed by atoms with Crippen molar-refractivity contribution in [1.82, 2.24) is 0 Å². The van der Waals surface area contributed by atoms with Crippen LogP contribution in [-0.2, 0) is 65.4 Å². The molecule has 0 aromatic rings. The van der Waals surface area contributed by atoms with Gasteiger partial charge in [0.1, 0.15) is 19.3 Å². The zero-order valence-electron chi connectivity index (χ0n) is 50.8. The number of aliphatic hydroxyl groups excluding tert-OH is 1. The average Bonchev–Trinajstić information content (AvgIpc) is 3.39. The van der Waals surface area contributed by atoms with Crippen molar-refractivity contribution >= 4 is 39.5 Å². The van der Waals surface area contributed by atoms with E-state index >= 15 is 0 Å². The monoisotopic (exact) mass is 1170 g/mol. The van der Waals surface area contributed by atoms with Crippen molar-refractivity contribution in [3.63, 3.8) is 0 Å². The number of rotatable bonds is 58. The van der Waals surface area contributed by atoms with Gasteiger partial charge >= 0.3 is 39.5 Å². The first-order valence-corrected chi connectivity index (χ1v) is 34.3. The maximum Gasteiger partial charge on any atom is 0.472 e. The Labute approximate surface area is 479 Å². The first-order valence-electron chi connectivity index (χ1n) is 31.3. The lowest BCUT2D eigenvalue weighted by Crippen LogP contribution is -2.30. The van der Waals surface area contributed by atoms with Gasteiger partial charge in [0.05, 0.1) is 26.4 Å². The van der Waals surface area contributed by atoms with Crippen LogP contribution in [-0.4, -0.2) is 96.7 Å². The summed E-state index contributed by atoms with van der Waals surface area (Å²) in [6.45, 7) is 11.6. The SMILES string of the molecule is CCCCCCCCCC(=O)OC[C@H](COP(=O)(O)OC[C@H](O)COP(=O)(O)OC[C@@H](COC(=O)CCCCCCCCCCC(C)C)OC(=O)CCCCCCCCCCCC(C)C)OC(=O)CCCCCCCCC(C)C. The van der Waals surface area contributed by atoms with Gasteiger partial charge < -0.3 is 33.8 Å². The van der Waals surface area contributed by atoms with Crippen molar-refractivity contribution in [3.05, 3.63) is 0 Å². The number of hydrogen-bond donors (Lipinski definition) is 3. The van der Waals surface area contributed by atoms with E-state index < -0.39 is 97.5 Å². The van der Waals surface area contributed by atoms with Crippen molar-refractivity contribution < 1.29 is 80.2 Å². The Kier molecular flexibility index (Phi) is 50.4. The Morgan fingerprint density at radius 2 is 0.582 bits per heavy atom. The predicted octanol–water partition coefficient (Wildman–Crippen LogP) is 15.9. The molecule has 0 fully saturated rings. The summed E-state index contributed by atoms with van der Waals surface area (Å²) in [6, 6.07) is 0. The molecule has 0 aliphatic rings. The molecule has 19 heteroatoms. The van der Waals surface area contributed by atoms with Crippen LogP contribution in [0.3, 0.4) is 0 Å². The average molecular weight is 1170 g/mol. The first kappa shape index (κ1) is 77.1. The Hall–Kier alpha value is -1.94. The summed E-state index contributed by atoms with van der Waals surface area (Å²) in [6.07, 6.45) is 31.1. The summed E-state index contributed by atoms with van der Waals surface area (Å²) in [5.74, 6) is -0.0180. The highest BCUT2D eigenvalue weighted by Gasteiger charge is 2.30. The molecule has 0 amide bonds. The molecule has 0 saturated carbocycles. The van der Waals surface area contributed by atoms with Crippen LogP contribution >= 0.6 is 15.6 Å². The molecule has 0 spiro atoms. The quantitative estimate of drug-likeness (QED) is 0.0222. The highest BCUT2D eigenvalue weighted by molar-refractivity contribution is 7.47. The Bertz CT molecular complexity index is 1580. The molecule has 3 N–H and O–H groups in total. The number of carbonyl (C=O) groups excluding carboxylic acids is 4. The molecule has 2 unspecified atom stereocenters. The number of esters is 4. The first-order chi connectivity index (χ1) is 37.7.